The predicted molar refractivity (Wildman–Crippen MR) is 70.4 cm³/mol. The minimum absolute atomic E-state index is 0.222. The SMILES string of the molecule is Cc1cc(F)cc(NCc2cncc(Br)c2)c1. The Bertz CT molecular complexity index is 508. The van der Waals surface area contributed by atoms with E-state index in [1.165, 1.54) is 12.1 Å². The normalized spacial score (nSPS) is 10.3. The molecule has 17 heavy (non-hydrogen) atoms. The third-order valence-corrected chi connectivity index (χ3v) is 2.73. The zero-order chi connectivity index (χ0) is 12.3. The van der Waals surface area contributed by atoms with Crippen LogP contribution in [0.25, 0.3) is 0 Å². The quantitative estimate of drug-likeness (QED) is 0.928. The number of hydrogen-bond donors (Lipinski definition) is 1. The maximum absolute atomic E-state index is 13.2. The van der Waals surface area contributed by atoms with Crippen LogP contribution in [0, 0.1) is 12.7 Å². The van der Waals surface area contributed by atoms with Crippen molar-refractivity contribution in [2.24, 2.45) is 0 Å². The highest BCUT2D eigenvalue weighted by molar-refractivity contribution is 9.10. The van der Waals surface area contributed by atoms with Gasteiger partial charge in [-0.05, 0) is 58.2 Å². The van der Waals surface area contributed by atoms with E-state index in [-0.39, 0.29) is 5.82 Å². The minimum Gasteiger partial charge on any atom is -0.381 e. The minimum atomic E-state index is -0.222. The Balaban J connectivity index is 2.07. The van der Waals surface area contributed by atoms with Crippen molar-refractivity contribution in [3.63, 3.8) is 0 Å². The van der Waals surface area contributed by atoms with Crippen LogP contribution in [-0.2, 0) is 6.54 Å². The van der Waals surface area contributed by atoms with Crippen molar-refractivity contribution >= 4 is 21.6 Å². The average Bonchev–Trinajstić information content (AvgIpc) is 2.25. The molecule has 4 heteroatoms. The fourth-order valence-corrected chi connectivity index (χ4v) is 2.01. The van der Waals surface area contributed by atoms with E-state index < -0.39 is 0 Å². The summed E-state index contributed by atoms with van der Waals surface area (Å²) in [6.07, 6.45) is 3.51. The van der Waals surface area contributed by atoms with Crippen molar-refractivity contribution in [2.75, 3.05) is 5.32 Å². The molecule has 0 atom stereocenters. The van der Waals surface area contributed by atoms with Crippen molar-refractivity contribution in [2.45, 2.75) is 13.5 Å². The lowest BCUT2D eigenvalue weighted by atomic mass is 10.2. The highest BCUT2D eigenvalue weighted by atomic mass is 79.9. The number of nitrogens with zero attached hydrogens (tertiary/aromatic N) is 1. The van der Waals surface area contributed by atoms with E-state index in [4.69, 9.17) is 0 Å². The number of halogens is 2. The predicted octanol–water partition coefficient (Wildman–Crippen LogP) is 3.90. The molecular weight excluding hydrogens is 283 g/mol. The second-order valence-electron chi connectivity index (χ2n) is 3.88. The molecule has 0 aliphatic heterocycles. The summed E-state index contributed by atoms with van der Waals surface area (Å²) in [6, 6.07) is 6.88. The molecule has 2 rings (SSSR count). The average molecular weight is 295 g/mol. The van der Waals surface area contributed by atoms with E-state index >= 15 is 0 Å². The van der Waals surface area contributed by atoms with E-state index in [0.29, 0.717) is 6.54 Å². The lowest BCUT2D eigenvalue weighted by Crippen LogP contribution is -2.00. The van der Waals surface area contributed by atoms with Crippen LogP contribution in [0.4, 0.5) is 10.1 Å². The second kappa shape index (κ2) is 5.27. The number of anilines is 1. The molecule has 0 aliphatic carbocycles. The van der Waals surface area contributed by atoms with Gasteiger partial charge in [0.1, 0.15) is 5.82 Å². The molecule has 0 aliphatic rings. The lowest BCUT2D eigenvalue weighted by Gasteiger charge is -2.07. The molecule has 1 aromatic heterocycles. The molecule has 0 amide bonds. The van der Waals surface area contributed by atoms with Gasteiger partial charge in [0.2, 0.25) is 0 Å². The summed E-state index contributed by atoms with van der Waals surface area (Å²) in [5, 5.41) is 3.17. The van der Waals surface area contributed by atoms with Crippen LogP contribution in [0.15, 0.2) is 41.1 Å². The third-order valence-electron chi connectivity index (χ3n) is 2.30. The van der Waals surface area contributed by atoms with Crippen LogP contribution in [0.1, 0.15) is 11.1 Å². The van der Waals surface area contributed by atoms with Gasteiger partial charge in [0.05, 0.1) is 0 Å². The summed E-state index contributed by atoms with van der Waals surface area (Å²) >= 11 is 3.36. The van der Waals surface area contributed by atoms with Gasteiger partial charge in [0.15, 0.2) is 0 Å². The van der Waals surface area contributed by atoms with Crippen LogP contribution in [0.2, 0.25) is 0 Å². The highest BCUT2D eigenvalue weighted by Gasteiger charge is 1.99. The lowest BCUT2D eigenvalue weighted by molar-refractivity contribution is 0.627. The molecule has 88 valence electrons. The first-order chi connectivity index (χ1) is 8.13. The van der Waals surface area contributed by atoms with E-state index in [0.717, 1.165) is 21.3 Å². The second-order valence-corrected chi connectivity index (χ2v) is 4.80. The van der Waals surface area contributed by atoms with E-state index in [1.807, 2.05) is 19.1 Å². The standard InChI is InChI=1S/C13H12BrFN2/c1-9-2-12(15)5-13(3-9)17-7-10-4-11(14)8-16-6-10/h2-6,8,17H,7H2,1H3. The Kier molecular flexibility index (Phi) is 3.74. The molecule has 2 aromatic rings. The molecule has 0 spiro atoms. The Morgan fingerprint density at radius 2 is 2.06 bits per heavy atom. The Hall–Kier alpha value is -1.42. The molecule has 1 N–H and O–H groups in total. The maximum atomic E-state index is 13.2. The third kappa shape index (κ3) is 3.53. The molecule has 2 nitrogen and oxygen atoms in total. The van der Waals surface area contributed by atoms with Crippen LogP contribution < -0.4 is 5.32 Å². The van der Waals surface area contributed by atoms with E-state index in [2.05, 4.69) is 26.2 Å². The fraction of sp³-hybridized carbons (Fsp3) is 0.154. The Morgan fingerprint density at radius 3 is 2.76 bits per heavy atom. The van der Waals surface area contributed by atoms with Gasteiger partial charge in [0.25, 0.3) is 0 Å². The summed E-state index contributed by atoms with van der Waals surface area (Å²) in [4.78, 5) is 4.07. The first kappa shape index (κ1) is 12.0. The summed E-state index contributed by atoms with van der Waals surface area (Å²) in [7, 11) is 0. The van der Waals surface area contributed by atoms with E-state index in [1.54, 1.807) is 12.4 Å². The molecule has 0 saturated heterocycles. The van der Waals surface area contributed by atoms with E-state index in [9.17, 15) is 4.39 Å². The number of nitrogens with one attached hydrogen (secondary N) is 1. The zero-order valence-electron chi connectivity index (χ0n) is 9.37. The van der Waals surface area contributed by atoms with Gasteiger partial charge in [-0.2, -0.15) is 0 Å². The molecule has 0 saturated carbocycles. The van der Waals surface area contributed by atoms with Crippen molar-refractivity contribution in [3.05, 3.63) is 58.1 Å². The number of benzene rings is 1. The smallest absolute Gasteiger partial charge is 0.125 e. The van der Waals surface area contributed by atoms with Crippen LogP contribution in [0.3, 0.4) is 0 Å². The molecule has 0 bridgehead atoms. The zero-order valence-corrected chi connectivity index (χ0v) is 11.0. The Morgan fingerprint density at radius 1 is 1.24 bits per heavy atom. The summed E-state index contributed by atoms with van der Waals surface area (Å²) in [5.41, 5.74) is 2.73. The van der Waals surface area contributed by atoms with Gasteiger partial charge in [0, 0.05) is 29.1 Å². The molecule has 0 radical (unpaired) electrons. The van der Waals surface area contributed by atoms with Crippen molar-refractivity contribution in [3.8, 4) is 0 Å². The topological polar surface area (TPSA) is 24.9 Å². The maximum Gasteiger partial charge on any atom is 0.125 e. The van der Waals surface area contributed by atoms with Crippen LogP contribution in [-0.4, -0.2) is 4.98 Å². The highest BCUT2D eigenvalue weighted by Crippen LogP contribution is 2.15. The molecule has 0 fully saturated rings. The van der Waals surface area contributed by atoms with Gasteiger partial charge < -0.3 is 5.32 Å². The van der Waals surface area contributed by atoms with Crippen molar-refractivity contribution < 1.29 is 4.39 Å². The first-order valence-electron chi connectivity index (χ1n) is 5.24. The van der Waals surface area contributed by atoms with Gasteiger partial charge in [-0.1, -0.05) is 0 Å². The Labute approximate surface area is 108 Å². The molecular formula is C13H12BrFN2. The molecule has 0 unspecified atom stereocenters. The van der Waals surface area contributed by atoms with Crippen LogP contribution in [0.5, 0.6) is 0 Å². The molecule has 1 heterocycles. The fourth-order valence-electron chi connectivity index (χ4n) is 1.60. The van der Waals surface area contributed by atoms with Crippen LogP contribution >= 0.6 is 15.9 Å². The van der Waals surface area contributed by atoms with Crippen molar-refractivity contribution in [1.29, 1.82) is 0 Å². The summed E-state index contributed by atoms with van der Waals surface area (Å²) < 4.78 is 14.1. The molecule has 1 aromatic carbocycles. The largest absolute Gasteiger partial charge is 0.381 e. The number of pyridine rings is 1. The monoisotopic (exact) mass is 294 g/mol. The first-order valence-corrected chi connectivity index (χ1v) is 6.03. The van der Waals surface area contributed by atoms with Gasteiger partial charge in [-0.15, -0.1) is 0 Å². The number of rotatable bonds is 3. The summed E-state index contributed by atoms with van der Waals surface area (Å²) in [6.45, 7) is 2.49. The number of aryl methyl sites for hydroxylation is 1. The van der Waals surface area contributed by atoms with Gasteiger partial charge >= 0.3 is 0 Å². The van der Waals surface area contributed by atoms with Gasteiger partial charge in [-0.3, -0.25) is 4.98 Å². The number of aromatic nitrogens is 1. The van der Waals surface area contributed by atoms with Gasteiger partial charge in [-0.25, -0.2) is 4.39 Å². The summed E-state index contributed by atoms with van der Waals surface area (Å²) in [5.74, 6) is -0.222. The number of hydrogen-bond acceptors (Lipinski definition) is 2. The van der Waals surface area contributed by atoms with Crippen molar-refractivity contribution in [1.82, 2.24) is 4.98 Å².